The Morgan fingerprint density at radius 3 is 2.11 bits per heavy atom. The number of ether oxygens (including phenoxy) is 1. The lowest BCUT2D eigenvalue weighted by Crippen LogP contribution is -2.32. The highest BCUT2D eigenvalue weighted by Crippen LogP contribution is 2.09. The summed E-state index contributed by atoms with van der Waals surface area (Å²) in [5, 5.41) is 0. The van der Waals surface area contributed by atoms with Crippen molar-refractivity contribution in [1.29, 1.82) is 0 Å². The monoisotopic (exact) mass is 293 g/mol. The second-order valence-corrected chi connectivity index (χ2v) is 7.79. The molecule has 0 unspecified atom stereocenters. The average Bonchev–Trinajstić information content (AvgIpc) is 2.19. The van der Waals surface area contributed by atoms with Gasteiger partial charge in [0.25, 0.3) is 0 Å². The van der Waals surface area contributed by atoms with Gasteiger partial charge in [-0.1, -0.05) is 0 Å². The lowest BCUT2D eigenvalue weighted by Gasteiger charge is -2.20. The zero-order chi connectivity index (χ0) is 15.3. The number of nitrogens with zero attached hydrogens (tertiary/aromatic N) is 1. The summed E-state index contributed by atoms with van der Waals surface area (Å²) < 4.78 is 27.0. The topological polar surface area (TPSA) is 80.8 Å². The molecule has 0 aromatic rings. The number of sulfone groups is 1. The molecule has 6 nitrogen and oxygen atoms in total. The van der Waals surface area contributed by atoms with Crippen LogP contribution in [0.1, 0.15) is 33.6 Å². The standard InChI is InChI=1S/C12H23NO5S/c1-12(2,3)18-11(15)7-6-10(14)13(4)8-9-19(5,16)17/h6-9H2,1-5H3. The third-order valence-electron chi connectivity index (χ3n) is 2.19. The first-order valence-corrected chi connectivity index (χ1v) is 8.10. The first-order valence-electron chi connectivity index (χ1n) is 6.04. The minimum Gasteiger partial charge on any atom is -0.460 e. The zero-order valence-corrected chi connectivity index (χ0v) is 13.0. The highest BCUT2D eigenvalue weighted by Gasteiger charge is 2.18. The summed E-state index contributed by atoms with van der Waals surface area (Å²) >= 11 is 0. The van der Waals surface area contributed by atoms with E-state index in [1.807, 2.05) is 0 Å². The van der Waals surface area contributed by atoms with E-state index in [9.17, 15) is 18.0 Å². The van der Waals surface area contributed by atoms with E-state index in [1.165, 1.54) is 11.9 Å². The number of hydrogen-bond donors (Lipinski definition) is 0. The van der Waals surface area contributed by atoms with Crippen molar-refractivity contribution in [2.24, 2.45) is 0 Å². The van der Waals surface area contributed by atoms with Gasteiger partial charge in [0.05, 0.1) is 12.2 Å². The van der Waals surface area contributed by atoms with Crippen molar-refractivity contribution in [3.8, 4) is 0 Å². The summed E-state index contributed by atoms with van der Waals surface area (Å²) in [5.74, 6) is -0.784. The molecule has 0 aliphatic carbocycles. The SMILES string of the molecule is CN(CCS(C)(=O)=O)C(=O)CCC(=O)OC(C)(C)C. The highest BCUT2D eigenvalue weighted by atomic mass is 32.2. The lowest BCUT2D eigenvalue weighted by atomic mass is 10.2. The van der Waals surface area contributed by atoms with Crippen LogP contribution in [-0.4, -0.2) is 56.4 Å². The van der Waals surface area contributed by atoms with Crippen molar-refractivity contribution in [3.63, 3.8) is 0 Å². The summed E-state index contributed by atoms with van der Waals surface area (Å²) in [6.07, 6.45) is 1.14. The fourth-order valence-electron chi connectivity index (χ4n) is 1.22. The summed E-state index contributed by atoms with van der Waals surface area (Å²) in [6, 6.07) is 0. The summed E-state index contributed by atoms with van der Waals surface area (Å²) in [4.78, 5) is 24.4. The van der Waals surface area contributed by atoms with Crippen LogP contribution in [0.15, 0.2) is 0 Å². The maximum absolute atomic E-state index is 11.7. The third-order valence-corrected chi connectivity index (χ3v) is 3.11. The molecule has 0 heterocycles. The minimum atomic E-state index is -3.09. The van der Waals surface area contributed by atoms with Gasteiger partial charge in [0.15, 0.2) is 0 Å². The van der Waals surface area contributed by atoms with Crippen LogP contribution in [0.3, 0.4) is 0 Å². The van der Waals surface area contributed by atoms with Gasteiger partial charge in [0.2, 0.25) is 5.91 Å². The predicted molar refractivity (Wildman–Crippen MR) is 72.4 cm³/mol. The molecule has 0 saturated heterocycles. The number of carbonyl (C=O) groups is 2. The molecule has 0 aliphatic rings. The van der Waals surface area contributed by atoms with Crippen LogP contribution in [0.5, 0.6) is 0 Å². The molecule has 112 valence electrons. The summed E-state index contributed by atoms with van der Waals surface area (Å²) in [5.41, 5.74) is -0.567. The van der Waals surface area contributed by atoms with E-state index in [1.54, 1.807) is 20.8 Å². The zero-order valence-electron chi connectivity index (χ0n) is 12.2. The van der Waals surface area contributed by atoms with Crippen LogP contribution in [0.2, 0.25) is 0 Å². The Hall–Kier alpha value is -1.11. The third kappa shape index (κ3) is 10.5. The second kappa shape index (κ2) is 6.88. The van der Waals surface area contributed by atoms with Gasteiger partial charge in [0.1, 0.15) is 15.4 Å². The molecule has 0 radical (unpaired) electrons. The molecule has 0 N–H and O–H groups in total. The fourth-order valence-corrected chi connectivity index (χ4v) is 1.83. The van der Waals surface area contributed by atoms with Gasteiger partial charge in [0, 0.05) is 26.3 Å². The molecule has 0 spiro atoms. The van der Waals surface area contributed by atoms with Gasteiger partial charge in [-0.3, -0.25) is 9.59 Å². The number of amides is 1. The lowest BCUT2D eigenvalue weighted by molar-refractivity contribution is -0.156. The van der Waals surface area contributed by atoms with Crippen molar-refractivity contribution >= 4 is 21.7 Å². The number of esters is 1. The quantitative estimate of drug-likeness (QED) is 0.670. The van der Waals surface area contributed by atoms with Crippen molar-refractivity contribution in [3.05, 3.63) is 0 Å². The molecular formula is C12H23NO5S. The molecule has 0 aromatic carbocycles. The average molecular weight is 293 g/mol. The largest absolute Gasteiger partial charge is 0.460 e. The van der Waals surface area contributed by atoms with Crippen LogP contribution >= 0.6 is 0 Å². The fraction of sp³-hybridized carbons (Fsp3) is 0.833. The van der Waals surface area contributed by atoms with Gasteiger partial charge in [-0.15, -0.1) is 0 Å². The molecule has 0 saturated carbocycles. The molecule has 1 amide bonds. The summed E-state index contributed by atoms with van der Waals surface area (Å²) in [6.45, 7) is 5.40. The molecule has 19 heavy (non-hydrogen) atoms. The highest BCUT2D eigenvalue weighted by molar-refractivity contribution is 7.90. The first-order chi connectivity index (χ1) is 8.41. The molecular weight excluding hydrogens is 270 g/mol. The predicted octanol–water partition coefficient (Wildman–Crippen LogP) is 0.611. The van der Waals surface area contributed by atoms with Crippen LogP contribution in [0.25, 0.3) is 0 Å². The normalized spacial score (nSPS) is 12.1. The maximum atomic E-state index is 11.7. The Morgan fingerprint density at radius 2 is 1.68 bits per heavy atom. The molecule has 0 aromatic heterocycles. The van der Waals surface area contributed by atoms with Crippen molar-refractivity contribution in [2.45, 2.75) is 39.2 Å². The Balaban J connectivity index is 4.07. The molecule has 0 fully saturated rings. The summed E-state index contributed by atoms with van der Waals surface area (Å²) in [7, 11) is -1.58. The Kier molecular flexibility index (Phi) is 6.48. The van der Waals surface area contributed by atoms with Crippen molar-refractivity contribution in [2.75, 3.05) is 25.6 Å². The van der Waals surface area contributed by atoms with E-state index in [4.69, 9.17) is 4.74 Å². The van der Waals surface area contributed by atoms with E-state index in [-0.39, 0.29) is 31.0 Å². The maximum Gasteiger partial charge on any atom is 0.306 e. The molecule has 0 atom stereocenters. The first kappa shape index (κ1) is 17.9. The Morgan fingerprint density at radius 1 is 1.16 bits per heavy atom. The second-order valence-electron chi connectivity index (χ2n) is 5.53. The number of carbonyl (C=O) groups excluding carboxylic acids is 2. The van der Waals surface area contributed by atoms with Crippen molar-refractivity contribution in [1.82, 2.24) is 4.90 Å². The molecule has 7 heteroatoms. The Labute approximate surface area is 115 Å². The Bertz CT molecular complexity index is 422. The smallest absolute Gasteiger partial charge is 0.306 e. The number of hydrogen-bond acceptors (Lipinski definition) is 5. The van der Waals surface area contributed by atoms with Crippen LogP contribution in [0.4, 0.5) is 0 Å². The molecule has 0 aliphatic heterocycles. The van der Waals surface area contributed by atoms with E-state index in [0.29, 0.717) is 0 Å². The van der Waals surface area contributed by atoms with Crippen molar-refractivity contribution < 1.29 is 22.7 Å². The molecule has 0 bridgehead atoms. The van der Waals surface area contributed by atoms with Crippen LogP contribution in [-0.2, 0) is 24.2 Å². The van der Waals surface area contributed by atoms with Gasteiger partial charge < -0.3 is 9.64 Å². The van der Waals surface area contributed by atoms with Gasteiger partial charge in [-0.25, -0.2) is 8.42 Å². The number of rotatable bonds is 6. The van der Waals surface area contributed by atoms with E-state index in [2.05, 4.69) is 0 Å². The van der Waals surface area contributed by atoms with E-state index >= 15 is 0 Å². The van der Waals surface area contributed by atoms with Gasteiger partial charge in [-0.2, -0.15) is 0 Å². The van der Waals surface area contributed by atoms with Gasteiger partial charge in [-0.05, 0) is 20.8 Å². The molecule has 0 rings (SSSR count). The van der Waals surface area contributed by atoms with E-state index < -0.39 is 21.4 Å². The van der Waals surface area contributed by atoms with Crippen LogP contribution < -0.4 is 0 Å². The van der Waals surface area contributed by atoms with Gasteiger partial charge >= 0.3 is 5.97 Å². The minimum absolute atomic E-state index is 0.000676. The van der Waals surface area contributed by atoms with Crippen LogP contribution in [0, 0.1) is 0 Å². The van der Waals surface area contributed by atoms with E-state index in [0.717, 1.165) is 6.26 Å².